The van der Waals surface area contributed by atoms with Crippen LogP contribution in [0.5, 0.6) is 0 Å². The van der Waals surface area contributed by atoms with Gasteiger partial charge in [0.15, 0.2) is 0 Å². The number of nitrogens with zero attached hydrogens (tertiary/aromatic N) is 1. The normalized spacial score (nSPS) is 25.0. The standard InChI is InChI=1S/C16H20ClNO/c1-15(2)10-13(16(3,4)19-15)18-9-8-11-6-5-7-12(17)14(11)18/h5-9,13H,10H2,1-4H3. The van der Waals surface area contributed by atoms with Crippen LogP contribution < -0.4 is 0 Å². The highest BCUT2D eigenvalue weighted by Gasteiger charge is 2.47. The van der Waals surface area contributed by atoms with E-state index >= 15 is 0 Å². The molecule has 1 aromatic heterocycles. The average Bonchev–Trinajstić information content (AvgIpc) is 2.77. The minimum Gasteiger partial charge on any atom is -0.367 e. The van der Waals surface area contributed by atoms with Gasteiger partial charge in [-0.1, -0.05) is 23.7 Å². The highest BCUT2D eigenvalue weighted by molar-refractivity contribution is 6.35. The van der Waals surface area contributed by atoms with Crippen molar-refractivity contribution in [1.82, 2.24) is 4.57 Å². The lowest BCUT2D eigenvalue weighted by atomic mass is 9.94. The molecular formula is C16H20ClNO. The molecule has 0 saturated carbocycles. The van der Waals surface area contributed by atoms with Crippen LogP contribution in [0.3, 0.4) is 0 Å². The first-order chi connectivity index (χ1) is 8.80. The zero-order valence-electron chi connectivity index (χ0n) is 11.9. The molecule has 0 spiro atoms. The Balaban J connectivity index is 2.15. The van der Waals surface area contributed by atoms with Crippen molar-refractivity contribution in [2.24, 2.45) is 0 Å². The molecule has 1 aliphatic heterocycles. The first-order valence-corrected chi connectivity index (χ1v) is 7.13. The van der Waals surface area contributed by atoms with Crippen molar-refractivity contribution >= 4 is 22.5 Å². The summed E-state index contributed by atoms with van der Waals surface area (Å²) in [7, 11) is 0. The molecule has 3 heteroatoms. The Hall–Kier alpha value is -0.990. The monoisotopic (exact) mass is 277 g/mol. The van der Waals surface area contributed by atoms with Gasteiger partial charge in [-0.25, -0.2) is 0 Å². The van der Waals surface area contributed by atoms with Crippen molar-refractivity contribution < 1.29 is 4.74 Å². The van der Waals surface area contributed by atoms with Crippen LogP contribution in [-0.4, -0.2) is 15.8 Å². The van der Waals surface area contributed by atoms with Crippen molar-refractivity contribution in [3.8, 4) is 0 Å². The molecule has 0 radical (unpaired) electrons. The summed E-state index contributed by atoms with van der Waals surface area (Å²) in [6.45, 7) is 8.63. The zero-order valence-corrected chi connectivity index (χ0v) is 12.7. The van der Waals surface area contributed by atoms with E-state index < -0.39 is 0 Å². The lowest BCUT2D eigenvalue weighted by Crippen LogP contribution is -2.30. The van der Waals surface area contributed by atoms with Gasteiger partial charge in [-0.3, -0.25) is 0 Å². The smallest absolute Gasteiger partial charge is 0.0841 e. The van der Waals surface area contributed by atoms with Gasteiger partial charge in [-0.05, 0) is 46.2 Å². The molecule has 0 N–H and O–H groups in total. The molecule has 3 rings (SSSR count). The van der Waals surface area contributed by atoms with Crippen LogP contribution in [0.2, 0.25) is 5.02 Å². The van der Waals surface area contributed by atoms with Crippen LogP contribution in [0.15, 0.2) is 30.5 Å². The van der Waals surface area contributed by atoms with E-state index in [1.165, 1.54) is 5.39 Å². The molecule has 19 heavy (non-hydrogen) atoms. The van der Waals surface area contributed by atoms with Crippen LogP contribution in [0.4, 0.5) is 0 Å². The third-order valence-electron chi connectivity index (χ3n) is 4.05. The Morgan fingerprint density at radius 2 is 1.95 bits per heavy atom. The van der Waals surface area contributed by atoms with E-state index in [2.05, 4.69) is 50.6 Å². The molecule has 1 atom stereocenters. The van der Waals surface area contributed by atoms with E-state index in [0.29, 0.717) is 6.04 Å². The van der Waals surface area contributed by atoms with E-state index in [0.717, 1.165) is 17.0 Å². The number of rotatable bonds is 1. The molecule has 2 nitrogen and oxygen atoms in total. The van der Waals surface area contributed by atoms with Gasteiger partial charge in [0.1, 0.15) is 0 Å². The molecule has 1 fully saturated rings. The Labute approximate surface area is 119 Å². The Bertz CT molecular complexity index is 627. The van der Waals surface area contributed by atoms with Crippen molar-refractivity contribution in [1.29, 1.82) is 0 Å². The first kappa shape index (κ1) is 13.0. The molecule has 0 amide bonds. The average molecular weight is 278 g/mol. The molecule has 0 aliphatic carbocycles. The fourth-order valence-corrected chi connectivity index (χ4v) is 3.68. The van der Waals surface area contributed by atoms with Crippen LogP contribution >= 0.6 is 11.6 Å². The highest BCUT2D eigenvalue weighted by Crippen LogP contribution is 2.46. The van der Waals surface area contributed by atoms with Gasteiger partial charge in [0, 0.05) is 11.6 Å². The lowest BCUT2D eigenvalue weighted by Gasteiger charge is -2.28. The number of fused-ring (bicyclic) bond motifs is 1. The number of para-hydroxylation sites is 1. The summed E-state index contributed by atoms with van der Waals surface area (Å²) >= 11 is 6.38. The van der Waals surface area contributed by atoms with Crippen molar-refractivity contribution in [2.75, 3.05) is 0 Å². The fraction of sp³-hybridized carbons (Fsp3) is 0.500. The maximum Gasteiger partial charge on any atom is 0.0841 e. The summed E-state index contributed by atoms with van der Waals surface area (Å²) < 4.78 is 8.48. The second kappa shape index (κ2) is 4.00. The van der Waals surface area contributed by atoms with Crippen LogP contribution in [0.1, 0.15) is 40.2 Å². The summed E-state index contributed by atoms with van der Waals surface area (Å²) in [4.78, 5) is 0. The zero-order chi connectivity index (χ0) is 13.8. The Morgan fingerprint density at radius 3 is 2.58 bits per heavy atom. The second-order valence-corrected chi connectivity index (χ2v) is 6.99. The second-order valence-electron chi connectivity index (χ2n) is 6.59. The maximum absolute atomic E-state index is 6.38. The Kier molecular flexibility index (Phi) is 2.74. The largest absolute Gasteiger partial charge is 0.367 e. The molecule has 1 unspecified atom stereocenters. The van der Waals surface area contributed by atoms with E-state index in [4.69, 9.17) is 16.3 Å². The quantitative estimate of drug-likeness (QED) is 0.729. The minimum absolute atomic E-state index is 0.0913. The van der Waals surface area contributed by atoms with Gasteiger partial charge < -0.3 is 9.30 Å². The van der Waals surface area contributed by atoms with E-state index in [-0.39, 0.29) is 11.2 Å². The highest BCUT2D eigenvalue weighted by atomic mass is 35.5. The summed E-state index contributed by atoms with van der Waals surface area (Å²) in [5.74, 6) is 0. The maximum atomic E-state index is 6.38. The third kappa shape index (κ3) is 2.07. The van der Waals surface area contributed by atoms with E-state index in [1.807, 2.05) is 12.1 Å². The van der Waals surface area contributed by atoms with E-state index in [1.54, 1.807) is 0 Å². The van der Waals surface area contributed by atoms with Gasteiger partial charge in [0.25, 0.3) is 0 Å². The predicted octanol–water partition coefficient (Wildman–Crippen LogP) is 4.81. The number of ether oxygens (including phenoxy) is 1. The van der Waals surface area contributed by atoms with Gasteiger partial charge in [-0.15, -0.1) is 0 Å². The van der Waals surface area contributed by atoms with Gasteiger partial charge in [0.2, 0.25) is 0 Å². The van der Waals surface area contributed by atoms with Crippen LogP contribution in [0.25, 0.3) is 10.9 Å². The number of aromatic nitrogens is 1. The molecule has 102 valence electrons. The summed E-state index contributed by atoms with van der Waals surface area (Å²) in [6.07, 6.45) is 3.13. The molecule has 1 aromatic carbocycles. The number of hydrogen-bond donors (Lipinski definition) is 0. The van der Waals surface area contributed by atoms with Gasteiger partial charge >= 0.3 is 0 Å². The molecule has 2 heterocycles. The summed E-state index contributed by atoms with van der Waals surface area (Å²) in [6, 6.07) is 8.48. The Morgan fingerprint density at radius 1 is 1.21 bits per heavy atom. The lowest BCUT2D eigenvalue weighted by molar-refractivity contribution is -0.0726. The third-order valence-corrected chi connectivity index (χ3v) is 4.36. The van der Waals surface area contributed by atoms with Gasteiger partial charge in [0.05, 0.1) is 27.8 Å². The van der Waals surface area contributed by atoms with Crippen molar-refractivity contribution in [3.63, 3.8) is 0 Å². The van der Waals surface area contributed by atoms with Crippen molar-refractivity contribution in [3.05, 3.63) is 35.5 Å². The molecule has 0 bridgehead atoms. The number of benzene rings is 1. The summed E-state index contributed by atoms with van der Waals surface area (Å²) in [5, 5.41) is 2.00. The minimum atomic E-state index is -0.186. The number of halogens is 1. The SMILES string of the molecule is CC1(C)CC(n2ccc3cccc(Cl)c32)C(C)(C)O1. The molecule has 1 aliphatic rings. The number of hydrogen-bond acceptors (Lipinski definition) is 1. The fourth-order valence-electron chi connectivity index (χ4n) is 3.40. The molecule has 1 saturated heterocycles. The van der Waals surface area contributed by atoms with Crippen LogP contribution in [-0.2, 0) is 4.74 Å². The van der Waals surface area contributed by atoms with Gasteiger partial charge in [-0.2, -0.15) is 0 Å². The first-order valence-electron chi connectivity index (χ1n) is 6.75. The topological polar surface area (TPSA) is 14.2 Å². The van der Waals surface area contributed by atoms with Crippen molar-refractivity contribution in [2.45, 2.75) is 51.4 Å². The predicted molar refractivity (Wildman–Crippen MR) is 79.8 cm³/mol. The van der Waals surface area contributed by atoms with E-state index in [9.17, 15) is 0 Å². The van der Waals surface area contributed by atoms with Crippen LogP contribution in [0, 0.1) is 0 Å². The summed E-state index contributed by atoms with van der Waals surface area (Å²) in [5.41, 5.74) is 0.837. The molecular weight excluding hydrogens is 258 g/mol. The molecule has 2 aromatic rings.